The summed E-state index contributed by atoms with van der Waals surface area (Å²) in [6.45, 7) is 3.07. The minimum atomic E-state index is -0.698. The minimum absolute atomic E-state index is 0.0124. The first-order valence-corrected chi connectivity index (χ1v) is 12.1. The van der Waals surface area contributed by atoms with Crippen molar-refractivity contribution < 1.29 is 66.5 Å². The number of rotatable bonds is 0. The first-order chi connectivity index (χ1) is 18.6. The van der Waals surface area contributed by atoms with E-state index >= 15 is 0 Å². The number of hydrogen-bond donors (Lipinski definition) is 0. The fourth-order valence-corrected chi connectivity index (χ4v) is 2.35. The molecule has 0 atom stereocenters. The normalized spacial score (nSPS) is 22.9. The summed E-state index contributed by atoms with van der Waals surface area (Å²) in [4.78, 5) is 46.3. The summed E-state index contributed by atoms with van der Waals surface area (Å²) in [6.07, 6.45) is 3.87. The van der Waals surface area contributed by atoms with Gasteiger partial charge in [0.25, 0.3) is 0 Å². The molecule has 0 amide bonds. The molecular weight excluding hydrogens is 512 g/mol. The second-order valence-electron chi connectivity index (χ2n) is 7.01. The Morgan fingerprint density at radius 2 is 0.447 bits per heavy atom. The van der Waals surface area contributed by atoms with Crippen LogP contribution in [0.1, 0.15) is 0 Å². The zero-order chi connectivity index (χ0) is 27.5. The van der Waals surface area contributed by atoms with E-state index in [1.807, 2.05) is 0 Å². The summed E-state index contributed by atoms with van der Waals surface area (Å²) in [5.74, 6) is -2.79. The van der Waals surface area contributed by atoms with Crippen molar-refractivity contribution in [1.29, 1.82) is 0 Å². The number of esters is 4. The van der Waals surface area contributed by atoms with Crippen LogP contribution in [0, 0.1) is 0 Å². The molecule has 0 N–H and O–H groups in total. The topological polar surface area (TPSA) is 161 Å². The van der Waals surface area contributed by atoms with Crippen molar-refractivity contribution >= 4 is 23.9 Å². The lowest BCUT2D eigenvalue weighted by Crippen LogP contribution is -2.15. The van der Waals surface area contributed by atoms with E-state index in [1.54, 1.807) is 0 Å². The monoisotopic (exact) mass is 548 g/mol. The Kier molecular flexibility index (Phi) is 21.3. The first kappa shape index (κ1) is 33.1. The van der Waals surface area contributed by atoms with Gasteiger partial charge in [0, 0.05) is 24.3 Å². The predicted molar refractivity (Wildman–Crippen MR) is 127 cm³/mol. The summed E-state index contributed by atoms with van der Waals surface area (Å²) in [6, 6.07) is 0. The molecule has 14 heteroatoms. The van der Waals surface area contributed by atoms with E-state index in [2.05, 4.69) is 0 Å². The van der Waals surface area contributed by atoms with Gasteiger partial charge in [0.15, 0.2) is 0 Å². The molecule has 0 aliphatic carbocycles. The van der Waals surface area contributed by atoms with Gasteiger partial charge in [-0.05, 0) is 0 Å². The molecular formula is C24H36O14. The molecule has 216 valence electrons. The lowest BCUT2D eigenvalue weighted by atomic mass is 10.5. The van der Waals surface area contributed by atoms with Crippen LogP contribution >= 0.6 is 0 Å². The van der Waals surface area contributed by atoms with Crippen LogP contribution in [0.2, 0.25) is 0 Å². The molecule has 14 nitrogen and oxygen atoms in total. The molecule has 0 bridgehead atoms. The standard InChI is InChI=1S/C24H36O14/c25-21-1-2-22(26)36-18-14-32-10-6-30-8-12-34-16-20-38-24(28)4-3-23(27)37-19-15-33-11-7-29-5-9-31-13-17-35-21/h1-4H,5-20H2/b2-1-,4-3-. The van der Waals surface area contributed by atoms with Crippen molar-refractivity contribution in [3.05, 3.63) is 24.3 Å². The largest absolute Gasteiger partial charge is 0.460 e. The zero-order valence-electron chi connectivity index (χ0n) is 21.3. The lowest BCUT2D eigenvalue weighted by Gasteiger charge is -2.08. The number of carbonyl (C=O) groups is 4. The summed E-state index contributed by atoms with van der Waals surface area (Å²) < 4.78 is 51.3. The third kappa shape index (κ3) is 22.3. The summed E-state index contributed by atoms with van der Waals surface area (Å²) in [5.41, 5.74) is 0. The summed E-state index contributed by atoms with van der Waals surface area (Å²) in [5, 5.41) is 0. The Hall–Kier alpha value is -2.88. The predicted octanol–water partition coefficient (Wildman–Crippen LogP) is -0.615. The number of ether oxygens (including phenoxy) is 10. The maximum Gasteiger partial charge on any atom is 0.331 e. The average molecular weight is 549 g/mol. The molecule has 0 unspecified atom stereocenters. The third-order valence-electron chi connectivity index (χ3n) is 4.09. The fraction of sp³-hybridized carbons (Fsp3) is 0.667. The van der Waals surface area contributed by atoms with Gasteiger partial charge >= 0.3 is 23.9 Å². The van der Waals surface area contributed by atoms with Gasteiger partial charge in [0.1, 0.15) is 26.4 Å². The van der Waals surface area contributed by atoms with E-state index in [0.717, 1.165) is 24.3 Å². The van der Waals surface area contributed by atoms with Crippen LogP contribution in [-0.4, -0.2) is 130 Å². The van der Waals surface area contributed by atoms with Gasteiger partial charge in [-0.2, -0.15) is 0 Å². The van der Waals surface area contributed by atoms with E-state index in [4.69, 9.17) is 47.4 Å². The third-order valence-corrected chi connectivity index (χ3v) is 4.09. The van der Waals surface area contributed by atoms with Crippen LogP contribution in [0.5, 0.6) is 0 Å². The van der Waals surface area contributed by atoms with Crippen LogP contribution in [0.3, 0.4) is 0 Å². The maximum atomic E-state index is 11.6. The van der Waals surface area contributed by atoms with Crippen LogP contribution in [-0.2, 0) is 66.5 Å². The number of cyclic esters (lactones) is 4. The zero-order valence-corrected chi connectivity index (χ0v) is 21.3. The molecule has 0 spiro atoms. The molecule has 1 aliphatic heterocycles. The second-order valence-corrected chi connectivity index (χ2v) is 7.01. The van der Waals surface area contributed by atoms with Crippen LogP contribution < -0.4 is 0 Å². The Morgan fingerprint density at radius 1 is 0.289 bits per heavy atom. The van der Waals surface area contributed by atoms with Gasteiger partial charge in [-0.3, -0.25) is 0 Å². The molecule has 0 saturated carbocycles. The highest BCUT2D eigenvalue weighted by Gasteiger charge is 2.03. The van der Waals surface area contributed by atoms with Crippen LogP contribution in [0.15, 0.2) is 24.3 Å². The molecule has 0 aromatic carbocycles. The SMILES string of the molecule is O=C1/C=C\C(=O)OCCOCCOCCOCCOC(=O)/C=C\C(=O)OCCOCCOCCOCCO1. The van der Waals surface area contributed by atoms with Crippen molar-refractivity contribution in [2.75, 3.05) is 106 Å². The van der Waals surface area contributed by atoms with Crippen molar-refractivity contribution in [3.8, 4) is 0 Å². The highest BCUT2D eigenvalue weighted by atomic mass is 16.6. The second kappa shape index (κ2) is 24.5. The van der Waals surface area contributed by atoms with Crippen molar-refractivity contribution in [1.82, 2.24) is 0 Å². The van der Waals surface area contributed by atoms with E-state index in [9.17, 15) is 19.2 Å². The molecule has 0 fully saturated rings. The number of carbonyl (C=O) groups excluding carboxylic acids is 4. The molecule has 0 aromatic heterocycles. The quantitative estimate of drug-likeness (QED) is 0.278. The Labute approximate surface area is 221 Å². The Morgan fingerprint density at radius 3 is 0.632 bits per heavy atom. The van der Waals surface area contributed by atoms with Crippen LogP contribution in [0.25, 0.3) is 0 Å². The van der Waals surface area contributed by atoms with Gasteiger partial charge in [0.2, 0.25) is 0 Å². The average Bonchev–Trinajstić information content (AvgIpc) is 2.91. The highest BCUT2D eigenvalue weighted by Crippen LogP contribution is 1.90. The minimum Gasteiger partial charge on any atom is -0.460 e. The maximum absolute atomic E-state index is 11.6. The highest BCUT2D eigenvalue weighted by molar-refractivity contribution is 5.92. The first-order valence-electron chi connectivity index (χ1n) is 12.1. The smallest absolute Gasteiger partial charge is 0.331 e. The van der Waals surface area contributed by atoms with Gasteiger partial charge in [0.05, 0.1) is 79.3 Å². The molecule has 1 aliphatic rings. The van der Waals surface area contributed by atoms with Gasteiger partial charge in [-0.1, -0.05) is 0 Å². The van der Waals surface area contributed by atoms with Gasteiger partial charge in [-0.25, -0.2) is 19.2 Å². The van der Waals surface area contributed by atoms with Crippen molar-refractivity contribution in [2.45, 2.75) is 0 Å². The van der Waals surface area contributed by atoms with Gasteiger partial charge < -0.3 is 47.4 Å². The summed E-state index contributed by atoms with van der Waals surface area (Å²) >= 11 is 0. The fourth-order valence-electron chi connectivity index (χ4n) is 2.35. The van der Waals surface area contributed by atoms with Crippen molar-refractivity contribution in [3.63, 3.8) is 0 Å². The molecule has 38 heavy (non-hydrogen) atoms. The van der Waals surface area contributed by atoms with E-state index in [1.165, 1.54) is 0 Å². The van der Waals surface area contributed by atoms with E-state index in [0.29, 0.717) is 26.4 Å². The molecule has 1 heterocycles. The molecule has 0 saturated heterocycles. The van der Waals surface area contributed by atoms with E-state index in [-0.39, 0.29) is 79.3 Å². The van der Waals surface area contributed by atoms with Crippen molar-refractivity contribution in [2.24, 2.45) is 0 Å². The van der Waals surface area contributed by atoms with Gasteiger partial charge in [-0.15, -0.1) is 0 Å². The molecule has 1 rings (SSSR count). The number of hydrogen-bond acceptors (Lipinski definition) is 14. The van der Waals surface area contributed by atoms with Crippen LogP contribution in [0.4, 0.5) is 0 Å². The Balaban J connectivity index is 2.28. The lowest BCUT2D eigenvalue weighted by molar-refractivity contribution is -0.142. The molecule has 0 radical (unpaired) electrons. The molecule has 0 aromatic rings. The summed E-state index contributed by atoms with van der Waals surface area (Å²) in [7, 11) is 0. The van der Waals surface area contributed by atoms with E-state index < -0.39 is 23.9 Å². The Bertz CT molecular complexity index is 605.